The second kappa shape index (κ2) is 5.41. The number of halogens is 1. The van der Waals surface area contributed by atoms with Gasteiger partial charge in [0, 0.05) is 6.20 Å². The largest absolute Gasteiger partial charge is 0.456 e. The van der Waals surface area contributed by atoms with Crippen LogP contribution in [-0.2, 0) is 6.42 Å². The normalized spacial score (nSPS) is 10.2. The lowest BCUT2D eigenvalue weighted by molar-refractivity contribution is 0.477. The van der Waals surface area contributed by atoms with Gasteiger partial charge in [0.25, 0.3) is 0 Å². The lowest BCUT2D eigenvalue weighted by Gasteiger charge is -2.06. The average molecular weight is 232 g/mol. The molecule has 17 heavy (non-hydrogen) atoms. The highest BCUT2D eigenvalue weighted by atomic mass is 19.1. The van der Waals surface area contributed by atoms with Crippen LogP contribution in [-0.4, -0.2) is 11.5 Å². The number of rotatable bonds is 4. The molecular weight excluding hydrogens is 219 g/mol. The maximum atomic E-state index is 12.7. The molecule has 0 aliphatic rings. The molecule has 0 spiro atoms. The van der Waals surface area contributed by atoms with Crippen molar-refractivity contribution in [3.8, 4) is 11.5 Å². The van der Waals surface area contributed by atoms with Crippen LogP contribution in [0.5, 0.6) is 11.5 Å². The molecule has 1 heterocycles. The van der Waals surface area contributed by atoms with E-state index in [1.165, 1.54) is 12.1 Å². The minimum Gasteiger partial charge on any atom is -0.456 e. The van der Waals surface area contributed by atoms with E-state index in [1.54, 1.807) is 24.5 Å². The van der Waals surface area contributed by atoms with Crippen molar-refractivity contribution < 1.29 is 9.13 Å². The lowest BCUT2D eigenvalue weighted by atomic mass is 10.2. The number of hydrogen-bond acceptors (Lipinski definition) is 3. The van der Waals surface area contributed by atoms with E-state index in [2.05, 4.69) is 4.98 Å². The number of hydrogen-bond donors (Lipinski definition) is 1. The Balaban J connectivity index is 2.12. The van der Waals surface area contributed by atoms with Crippen LogP contribution >= 0.6 is 0 Å². The summed E-state index contributed by atoms with van der Waals surface area (Å²) in [7, 11) is 0. The fourth-order valence-electron chi connectivity index (χ4n) is 1.46. The second-order valence-electron chi connectivity index (χ2n) is 3.62. The monoisotopic (exact) mass is 232 g/mol. The van der Waals surface area contributed by atoms with Gasteiger partial charge in [0.2, 0.25) is 0 Å². The van der Waals surface area contributed by atoms with Crippen molar-refractivity contribution in [3.05, 3.63) is 54.1 Å². The molecule has 0 fully saturated rings. The van der Waals surface area contributed by atoms with E-state index in [0.29, 0.717) is 18.0 Å². The fraction of sp³-hybridized carbons (Fsp3) is 0.154. The molecule has 2 N–H and O–H groups in total. The number of aromatic nitrogens is 1. The van der Waals surface area contributed by atoms with E-state index in [0.717, 1.165) is 12.0 Å². The van der Waals surface area contributed by atoms with Gasteiger partial charge in [-0.2, -0.15) is 0 Å². The quantitative estimate of drug-likeness (QED) is 0.881. The number of benzene rings is 1. The van der Waals surface area contributed by atoms with Gasteiger partial charge in [0.1, 0.15) is 17.3 Å². The Labute approximate surface area is 99.1 Å². The molecular formula is C13H13FN2O. The summed E-state index contributed by atoms with van der Waals surface area (Å²) in [5, 5.41) is 0. The predicted octanol–water partition coefficient (Wildman–Crippen LogP) is 2.51. The van der Waals surface area contributed by atoms with Crippen LogP contribution in [0.1, 0.15) is 5.56 Å². The molecule has 0 saturated carbocycles. The maximum Gasteiger partial charge on any atom is 0.145 e. The standard InChI is InChI=1S/C13H13FN2O/c14-11-1-3-12(4-2-11)17-13-7-10(5-6-15)8-16-9-13/h1-4,7-9H,5-6,15H2. The Morgan fingerprint density at radius 1 is 1.12 bits per heavy atom. The van der Waals surface area contributed by atoms with E-state index in [-0.39, 0.29) is 5.82 Å². The maximum absolute atomic E-state index is 12.7. The molecule has 0 saturated heterocycles. The van der Waals surface area contributed by atoms with Gasteiger partial charge in [-0.05, 0) is 48.9 Å². The zero-order chi connectivity index (χ0) is 12.1. The van der Waals surface area contributed by atoms with Crippen molar-refractivity contribution in [2.75, 3.05) is 6.54 Å². The number of pyridine rings is 1. The van der Waals surface area contributed by atoms with Crippen LogP contribution in [0.4, 0.5) is 4.39 Å². The molecule has 0 radical (unpaired) electrons. The Morgan fingerprint density at radius 2 is 1.88 bits per heavy atom. The van der Waals surface area contributed by atoms with Crippen molar-refractivity contribution in [1.29, 1.82) is 0 Å². The molecule has 88 valence electrons. The van der Waals surface area contributed by atoms with E-state index in [1.807, 2.05) is 6.07 Å². The van der Waals surface area contributed by atoms with Crippen molar-refractivity contribution in [2.24, 2.45) is 5.73 Å². The van der Waals surface area contributed by atoms with E-state index >= 15 is 0 Å². The molecule has 1 aromatic carbocycles. The predicted molar refractivity (Wildman–Crippen MR) is 63.5 cm³/mol. The summed E-state index contributed by atoms with van der Waals surface area (Å²) in [6.45, 7) is 0.571. The van der Waals surface area contributed by atoms with Crippen molar-refractivity contribution in [3.63, 3.8) is 0 Å². The van der Waals surface area contributed by atoms with Crippen LogP contribution in [0, 0.1) is 5.82 Å². The summed E-state index contributed by atoms with van der Waals surface area (Å²) in [6, 6.07) is 7.73. The highest BCUT2D eigenvalue weighted by Crippen LogP contribution is 2.21. The molecule has 2 rings (SSSR count). The van der Waals surface area contributed by atoms with Gasteiger partial charge in [-0.3, -0.25) is 4.98 Å². The average Bonchev–Trinajstić information content (AvgIpc) is 2.33. The first kappa shape index (κ1) is 11.5. The molecule has 3 nitrogen and oxygen atoms in total. The first-order valence-electron chi connectivity index (χ1n) is 5.35. The summed E-state index contributed by atoms with van der Waals surface area (Å²) < 4.78 is 18.3. The van der Waals surface area contributed by atoms with Crippen LogP contribution in [0.2, 0.25) is 0 Å². The Bertz CT molecular complexity index is 485. The third-order valence-corrected chi connectivity index (χ3v) is 2.25. The molecule has 0 atom stereocenters. The molecule has 0 bridgehead atoms. The molecule has 0 unspecified atom stereocenters. The molecule has 4 heteroatoms. The minimum atomic E-state index is -0.285. The van der Waals surface area contributed by atoms with Gasteiger partial charge in [0.15, 0.2) is 0 Å². The molecule has 0 amide bonds. The Hall–Kier alpha value is -1.94. The zero-order valence-electron chi connectivity index (χ0n) is 9.27. The first-order valence-corrected chi connectivity index (χ1v) is 5.35. The summed E-state index contributed by atoms with van der Waals surface area (Å²) in [5.41, 5.74) is 6.49. The summed E-state index contributed by atoms with van der Waals surface area (Å²) in [6.07, 6.45) is 4.13. The topological polar surface area (TPSA) is 48.1 Å². The number of nitrogens with zero attached hydrogens (tertiary/aromatic N) is 1. The highest BCUT2D eigenvalue weighted by Gasteiger charge is 2.00. The summed E-state index contributed by atoms with van der Waals surface area (Å²) in [5.74, 6) is 0.924. The highest BCUT2D eigenvalue weighted by molar-refractivity contribution is 5.31. The van der Waals surface area contributed by atoms with E-state index in [9.17, 15) is 4.39 Å². The third kappa shape index (κ3) is 3.26. The van der Waals surface area contributed by atoms with Gasteiger partial charge >= 0.3 is 0 Å². The Kier molecular flexibility index (Phi) is 3.67. The van der Waals surface area contributed by atoms with Crippen molar-refractivity contribution in [2.45, 2.75) is 6.42 Å². The zero-order valence-corrected chi connectivity index (χ0v) is 9.27. The van der Waals surface area contributed by atoms with Crippen LogP contribution in [0.25, 0.3) is 0 Å². The van der Waals surface area contributed by atoms with Crippen LogP contribution in [0.3, 0.4) is 0 Å². The van der Waals surface area contributed by atoms with Gasteiger partial charge < -0.3 is 10.5 Å². The van der Waals surface area contributed by atoms with Gasteiger partial charge in [-0.1, -0.05) is 0 Å². The van der Waals surface area contributed by atoms with Crippen molar-refractivity contribution in [1.82, 2.24) is 4.98 Å². The van der Waals surface area contributed by atoms with Crippen molar-refractivity contribution >= 4 is 0 Å². The van der Waals surface area contributed by atoms with Crippen LogP contribution < -0.4 is 10.5 Å². The molecule has 1 aromatic heterocycles. The number of ether oxygens (including phenoxy) is 1. The third-order valence-electron chi connectivity index (χ3n) is 2.25. The SMILES string of the molecule is NCCc1cncc(Oc2ccc(F)cc2)c1. The smallest absolute Gasteiger partial charge is 0.145 e. The minimum absolute atomic E-state index is 0.285. The first-order chi connectivity index (χ1) is 8.28. The number of nitrogens with two attached hydrogens (primary N) is 1. The van der Waals surface area contributed by atoms with Gasteiger partial charge in [0.05, 0.1) is 6.20 Å². The summed E-state index contributed by atoms with van der Waals surface area (Å²) in [4.78, 5) is 4.06. The van der Waals surface area contributed by atoms with Gasteiger partial charge in [-0.25, -0.2) is 4.39 Å². The molecule has 0 aliphatic heterocycles. The van der Waals surface area contributed by atoms with Crippen LogP contribution in [0.15, 0.2) is 42.7 Å². The summed E-state index contributed by atoms with van der Waals surface area (Å²) >= 11 is 0. The Morgan fingerprint density at radius 3 is 2.59 bits per heavy atom. The van der Waals surface area contributed by atoms with E-state index in [4.69, 9.17) is 10.5 Å². The second-order valence-corrected chi connectivity index (χ2v) is 3.62. The van der Waals surface area contributed by atoms with E-state index < -0.39 is 0 Å². The molecule has 2 aromatic rings. The fourth-order valence-corrected chi connectivity index (χ4v) is 1.46. The lowest BCUT2D eigenvalue weighted by Crippen LogP contribution is -2.03. The molecule has 0 aliphatic carbocycles. The van der Waals surface area contributed by atoms with Gasteiger partial charge in [-0.15, -0.1) is 0 Å².